The van der Waals surface area contributed by atoms with E-state index in [9.17, 15) is 19.2 Å². The van der Waals surface area contributed by atoms with Gasteiger partial charge < -0.3 is 18.9 Å². The zero-order chi connectivity index (χ0) is 29.9. The van der Waals surface area contributed by atoms with Crippen LogP contribution in [0.2, 0.25) is 0 Å². The third-order valence-electron chi connectivity index (χ3n) is 5.15. The Morgan fingerprint density at radius 3 is 1.51 bits per heavy atom. The number of carbonyl (C=O) groups is 4. The fraction of sp³-hybridized carbons (Fsp3) is 0. The maximum Gasteiger partial charge on any atom is 0.335 e. The van der Waals surface area contributed by atoms with Gasteiger partial charge >= 0.3 is 23.9 Å². The molecule has 8 nitrogen and oxygen atoms in total. The topological polar surface area (TPSA) is 105 Å². The smallest absolute Gasteiger partial charge is 0.335 e. The first-order chi connectivity index (χ1) is 19.6. The first-order valence-corrected chi connectivity index (χ1v) is 11.8. The minimum Gasteiger partial charge on any atom is -0.423 e. The summed E-state index contributed by atoms with van der Waals surface area (Å²) in [4.78, 5) is 46.7. The molecule has 0 aliphatic rings. The van der Waals surface area contributed by atoms with Crippen LogP contribution in [0.15, 0.2) is 105 Å². The van der Waals surface area contributed by atoms with E-state index in [1.54, 1.807) is 42.5 Å². The highest BCUT2D eigenvalue weighted by Gasteiger charge is 2.15. The number of carbonyl (C=O) groups excluding carboxylic acids is 4. The van der Waals surface area contributed by atoms with E-state index in [1.807, 2.05) is 0 Å². The summed E-state index contributed by atoms with van der Waals surface area (Å²) >= 11 is 0. The van der Waals surface area contributed by atoms with E-state index in [2.05, 4.69) is 26.3 Å². The Bertz CT molecular complexity index is 1540. The molecule has 9 heteroatoms. The monoisotopic (exact) mass is 554 g/mol. The standard InChI is InChI=1S/C32H23FO8/c1-5-28(34)38-24-16-23(17-25(18-24)39-29(35)6-2)21-12-9-20(10-13-21)11-14-22-15-26(40-30(36)7-3)19-27(32(22)33)41-31(37)8-4/h5-19H,1-4H2. The lowest BCUT2D eigenvalue weighted by molar-refractivity contribution is -0.130. The number of hydrogen-bond acceptors (Lipinski definition) is 8. The molecule has 0 heterocycles. The normalized spacial score (nSPS) is 10.3. The van der Waals surface area contributed by atoms with Crippen molar-refractivity contribution >= 4 is 36.0 Å². The Hall–Kier alpha value is -5.83. The highest BCUT2D eigenvalue weighted by Crippen LogP contribution is 2.32. The summed E-state index contributed by atoms with van der Waals surface area (Å²) in [6.45, 7) is 13.3. The minimum atomic E-state index is -0.896. The Morgan fingerprint density at radius 2 is 1.02 bits per heavy atom. The summed E-state index contributed by atoms with van der Waals surface area (Å²) in [5.74, 6) is -4.19. The van der Waals surface area contributed by atoms with Gasteiger partial charge in [0.1, 0.15) is 17.2 Å². The predicted octanol–water partition coefficient (Wildman–Crippen LogP) is 6.03. The van der Waals surface area contributed by atoms with Crippen LogP contribution < -0.4 is 18.9 Å². The van der Waals surface area contributed by atoms with Crippen molar-refractivity contribution in [3.05, 3.63) is 122 Å². The van der Waals surface area contributed by atoms with Crippen molar-refractivity contribution in [2.45, 2.75) is 0 Å². The third kappa shape index (κ3) is 8.33. The summed E-state index contributed by atoms with van der Waals surface area (Å²) in [6, 6.07) is 13.8. The second kappa shape index (κ2) is 13.8. The molecule has 3 rings (SSSR count). The van der Waals surface area contributed by atoms with Gasteiger partial charge in [0.05, 0.1) is 0 Å². The molecule has 0 unspecified atom stereocenters. The molecule has 3 aromatic rings. The van der Waals surface area contributed by atoms with E-state index >= 15 is 4.39 Å². The average molecular weight is 555 g/mol. The molecule has 206 valence electrons. The van der Waals surface area contributed by atoms with Crippen molar-refractivity contribution in [1.29, 1.82) is 0 Å². The zero-order valence-electron chi connectivity index (χ0n) is 21.6. The van der Waals surface area contributed by atoms with Crippen LogP contribution in [0.4, 0.5) is 4.39 Å². The van der Waals surface area contributed by atoms with Gasteiger partial charge in [-0.25, -0.2) is 23.6 Å². The van der Waals surface area contributed by atoms with E-state index in [-0.39, 0.29) is 22.8 Å². The van der Waals surface area contributed by atoms with Crippen LogP contribution in [0, 0.1) is 5.82 Å². The second-order valence-electron chi connectivity index (χ2n) is 7.97. The lowest BCUT2D eigenvalue weighted by atomic mass is 10.0. The van der Waals surface area contributed by atoms with Gasteiger partial charge in [-0.1, -0.05) is 62.7 Å². The van der Waals surface area contributed by atoms with E-state index in [0.29, 0.717) is 16.7 Å². The van der Waals surface area contributed by atoms with E-state index < -0.39 is 35.4 Å². The van der Waals surface area contributed by atoms with Gasteiger partial charge in [-0.3, -0.25) is 0 Å². The summed E-state index contributed by atoms with van der Waals surface area (Å²) in [5.41, 5.74) is 1.87. The quantitative estimate of drug-likeness (QED) is 0.123. The van der Waals surface area contributed by atoms with Crippen molar-refractivity contribution in [3.8, 4) is 34.1 Å². The molecule has 41 heavy (non-hydrogen) atoms. The van der Waals surface area contributed by atoms with Crippen molar-refractivity contribution in [2.75, 3.05) is 0 Å². The van der Waals surface area contributed by atoms with Gasteiger partial charge in [-0.2, -0.15) is 0 Å². The molecule has 0 amide bonds. The van der Waals surface area contributed by atoms with Crippen LogP contribution in [-0.4, -0.2) is 23.9 Å². The van der Waals surface area contributed by atoms with Crippen molar-refractivity contribution in [3.63, 3.8) is 0 Å². The van der Waals surface area contributed by atoms with Crippen molar-refractivity contribution in [1.82, 2.24) is 0 Å². The Balaban J connectivity index is 1.93. The molecule has 0 N–H and O–H groups in total. The number of hydrogen-bond donors (Lipinski definition) is 0. The molecule has 0 aliphatic heterocycles. The van der Waals surface area contributed by atoms with Gasteiger partial charge in [0.25, 0.3) is 0 Å². The number of halogens is 1. The molecular formula is C32H23FO8. The summed E-state index contributed by atoms with van der Waals surface area (Å²) in [7, 11) is 0. The van der Waals surface area contributed by atoms with Gasteiger partial charge in [0.2, 0.25) is 0 Å². The molecular weight excluding hydrogens is 531 g/mol. The molecule has 3 aromatic carbocycles. The SMILES string of the molecule is C=CC(=O)Oc1cc(OC(=O)C=C)cc(-c2ccc(C=Cc3cc(OC(=O)C=C)cc(OC(=O)C=C)c3F)cc2)c1. The van der Waals surface area contributed by atoms with Crippen LogP contribution in [0.5, 0.6) is 23.0 Å². The van der Waals surface area contributed by atoms with E-state index in [0.717, 1.165) is 30.4 Å². The van der Waals surface area contributed by atoms with Gasteiger partial charge in [-0.15, -0.1) is 0 Å². The molecule has 0 saturated heterocycles. The number of ether oxygens (including phenoxy) is 4. The lowest BCUT2D eigenvalue weighted by Crippen LogP contribution is -2.08. The fourth-order valence-corrected chi connectivity index (χ4v) is 3.30. The van der Waals surface area contributed by atoms with Gasteiger partial charge in [0, 0.05) is 42.0 Å². The van der Waals surface area contributed by atoms with Crippen LogP contribution in [0.3, 0.4) is 0 Å². The molecule has 0 saturated carbocycles. The maximum absolute atomic E-state index is 15.1. The number of benzene rings is 3. The molecule has 0 aliphatic carbocycles. The molecule has 0 bridgehead atoms. The molecule has 0 spiro atoms. The zero-order valence-corrected chi connectivity index (χ0v) is 21.6. The third-order valence-corrected chi connectivity index (χ3v) is 5.15. The first-order valence-electron chi connectivity index (χ1n) is 11.8. The molecule has 0 fully saturated rings. The average Bonchev–Trinajstić information content (AvgIpc) is 2.97. The highest BCUT2D eigenvalue weighted by molar-refractivity contribution is 5.86. The second-order valence-corrected chi connectivity index (χ2v) is 7.97. The maximum atomic E-state index is 15.1. The molecule has 0 atom stereocenters. The van der Waals surface area contributed by atoms with E-state index in [1.165, 1.54) is 18.2 Å². The lowest BCUT2D eigenvalue weighted by Gasteiger charge is -2.10. The van der Waals surface area contributed by atoms with Gasteiger partial charge in [-0.05, 0) is 34.9 Å². The van der Waals surface area contributed by atoms with Crippen LogP contribution in [0.1, 0.15) is 11.1 Å². The van der Waals surface area contributed by atoms with E-state index in [4.69, 9.17) is 18.9 Å². The number of esters is 4. The van der Waals surface area contributed by atoms with Crippen LogP contribution >= 0.6 is 0 Å². The molecule has 0 radical (unpaired) electrons. The van der Waals surface area contributed by atoms with Crippen LogP contribution in [0.25, 0.3) is 23.3 Å². The Morgan fingerprint density at radius 1 is 0.561 bits per heavy atom. The van der Waals surface area contributed by atoms with Gasteiger partial charge in [0.15, 0.2) is 11.6 Å². The fourth-order valence-electron chi connectivity index (χ4n) is 3.30. The Labute approximate surface area is 234 Å². The minimum absolute atomic E-state index is 0.0271. The first kappa shape index (κ1) is 29.7. The Kier molecular flexibility index (Phi) is 10.0. The largest absolute Gasteiger partial charge is 0.423 e. The predicted molar refractivity (Wildman–Crippen MR) is 151 cm³/mol. The number of rotatable bonds is 11. The van der Waals surface area contributed by atoms with Crippen molar-refractivity contribution < 1.29 is 42.5 Å². The summed E-state index contributed by atoms with van der Waals surface area (Å²) in [6.07, 6.45) is 6.78. The summed E-state index contributed by atoms with van der Waals surface area (Å²) < 4.78 is 35.4. The highest BCUT2D eigenvalue weighted by atomic mass is 19.1. The van der Waals surface area contributed by atoms with Crippen LogP contribution in [-0.2, 0) is 19.2 Å². The molecule has 0 aromatic heterocycles. The van der Waals surface area contributed by atoms with Crippen molar-refractivity contribution in [2.24, 2.45) is 0 Å². The summed E-state index contributed by atoms with van der Waals surface area (Å²) in [5, 5.41) is 0.